The molecule has 0 aromatic carbocycles. The molecule has 23 heavy (non-hydrogen) atoms. The third-order valence-corrected chi connectivity index (χ3v) is 4.18. The summed E-state index contributed by atoms with van der Waals surface area (Å²) in [6.45, 7) is 2.63. The van der Waals surface area contributed by atoms with Gasteiger partial charge in [0.2, 0.25) is 0 Å². The molecule has 0 bridgehead atoms. The summed E-state index contributed by atoms with van der Waals surface area (Å²) in [7, 11) is 0. The molecule has 4 heteroatoms. The summed E-state index contributed by atoms with van der Waals surface area (Å²) >= 11 is 0. The third kappa shape index (κ3) is 10.9. The number of rotatable bonds is 11. The highest BCUT2D eigenvalue weighted by molar-refractivity contribution is 5.91. The van der Waals surface area contributed by atoms with Gasteiger partial charge in [0.15, 0.2) is 0 Å². The number of carbonyl (C=O) groups excluding carboxylic acids is 2. The molecule has 0 N–H and O–H groups in total. The Kier molecular flexibility index (Phi) is 11.3. The van der Waals surface area contributed by atoms with Gasteiger partial charge in [-0.3, -0.25) is 0 Å². The molecule has 0 aliphatic heterocycles. The van der Waals surface area contributed by atoms with Crippen LogP contribution < -0.4 is 0 Å². The Balaban J connectivity index is 2.00. The van der Waals surface area contributed by atoms with Crippen LogP contribution in [0, 0.1) is 0 Å². The Labute approximate surface area is 140 Å². The summed E-state index contributed by atoms with van der Waals surface area (Å²) in [5.74, 6) is -0.902. The van der Waals surface area contributed by atoms with Crippen LogP contribution >= 0.6 is 0 Å². The van der Waals surface area contributed by atoms with Crippen LogP contribution in [0.4, 0.5) is 0 Å². The summed E-state index contributed by atoms with van der Waals surface area (Å²) < 4.78 is 10.4. The number of unbranched alkanes of at least 4 members (excludes halogenated alkanes) is 6. The van der Waals surface area contributed by atoms with Crippen molar-refractivity contribution in [1.29, 1.82) is 0 Å². The highest BCUT2D eigenvalue weighted by Crippen LogP contribution is 2.20. The average molecular weight is 324 g/mol. The Morgan fingerprint density at radius 2 is 1.48 bits per heavy atom. The van der Waals surface area contributed by atoms with Crippen LogP contribution in [0.1, 0.15) is 84.0 Å². The van der Waals surface area contributed by atoms with Gasteiger partial charge in [-0.1, -0.05) is 51.9 Å². The zero-order valence-electron chi connectivity index (χ0n) is 14.6. The van der Waals surface area contributed by atoms with Crippen molar-refractivity contribution < 1.29 is 19.1 Å². The van der Waals surface area contributed by atoms with Crippen molar-refractivity contribution in [2.45, 2.75) is 90.1 Å². The van der Waals surface area contributed by atoms with E-state index in [-0.39, 0.29) is 6.10 Å². The van der Waals surface area contributed by atoms with Crippen molar-refractivity contribution in [3.8, 4) is 0 Å². The van der Waals surface area contributed by atoms with Gasteiger partial charge in [-0.15, -0.1) is 0 Å². The molecule has 0 unspecified atom stereocenters. The largest absolute Gasteiger partial charge is 0.463 e. The molecule has 1 aliphatic rings. The minimum Gasteiger partial charge on any atom is -0.463 e. The Morgan fingerprint density at radius 3 is 2.17 bits per heavy atom. The first-order chi connectivity index (χ1) is 11.2. The predicted molar refractivity (Wildman–Crippen MR) is 91.1 cm³/mol. The molecule has 0 heterocycles. The van der Waals surface area contributed by atoms with Crippen LogP contribution in [-0.2, 0) is 19.1 Å². The maximum absolute atomic E-state index is 11.6. The Hall–Kier alpha value is -1.32. The highest BCUT2D eigenvalue weighted by atomic mass is 16.5. The van der Waals surface area contributed by atoms with Crippen molar-refractivity contribution in [1.82, 2.24) is 0 Å². The molecule has 1 aliphatic carbocycles. The fourth-order valence-electron chi connectivity index (χ4n) is 2.80. The molecule has 0 amide bonds. The fraction of sp³-hybridized carbons (Fsp3) is 0.789. The van der Waals surface area contributed by atoms with Gasteiger partial charge in [0, 0.05) is 12.2 Å². The lowest BCUT2D eigenvalue weighted by atomic mass is 9.98. The molecular formula is C19H32O4. The monoisotopic (exact) mass is 324 g/mol. The van der Waals surface area contributed by atoms with Crippen LogP contribution in [0.15, 0.2) is 12.2 Å². The van der Waals surface area contributed by atoms with E-state index in [1.807, 2.05) is 0 Å². The van der Waals surface area contributed by atoms with Crippen molar-refractivity contribution in [3.05, 3.63) is 12.2 Å². The summed E-state index contributed by atoms with van der Waals surface area (Å²) in [6, 6.07) is 0. The van der Waals surface area contributed by atoms with Gasteiger partial charge in [-0.2, -0.15) is 0 Å². The maximum atomic E-state index is 11.6. The van der Waals surface area contributed by atoms with Gasteiger partial charge < -0.3 is 9.47 Å². The zero-order chi connectivity index (χ0) is 16.8. The first kappa shape index (κ1) is 19.7. The third-order valence-electron chi connectivity index (χ3n) is 4.18. The van der Waals surface area contributed by atoms with E-state index in [1.165, 1.54) is 50.7 Å². The van der Waals surface area contributed by atoms with E-state index in [9.17, 15) is 9.59 Å². The smallest absolute Gasteiger partial charge is 0.331 e. The van der Waals surface area contributed by atoms with Crippen LogP contribution in [0.3, 0.4) is 0 Å². The molecule has 4 nitrogen and oxygen atoms in total. The van der Waals surface area contributed by atoms with Crippen molar-refractivity contribution in [2.75, 3.05) is 6.61 Å². The van der Waals surface area contributed by atoms with Gasteiger partial charge in [-0.05, 0) is 32.1 Å². The van der Waals surface area contributed by atoms with Crippen molar-refractivity contribution in [3.63, 3.8) is 0 Å². The number of hydrogen-bond acceptors (Lipinski definition) is 4. The van der Waals surface area contributed by atoms with Gasteiger partial charge in [0.25, 0.3) is 0 Å². The van der Waals surface area contributed by atoms with E-state index in [1.54, 1.807) is 0 Å². The normalized spacial score (nSPS) is 15.7. The number of ether oxygens (including phenoxy) is 2. The Morgan fingerprint density at radius 1 is 0.870 bits per heavy atom. The highest BCUT2D eigenvalue weighted by Gasteiger charge is 2.16. The van der Waals surface area contributed by atoms with Crippen LogP contribution in [0.5, 0.6) is 0 Å². The zero-order valence-corrected chi connectivity index (χ0v) is 14.6. The molecule has 1 rings (SSSR count). The SMILES string of the molecule is CCCCCCCCCOC(=O)/C=C/C(=O)OC1CCCCC1. The standard InChI is InChI=1S/C19H32O4/c1-2-3-4-5-6-7-11-16-22-18(20)14-15-19(21)23-17-12-9-8-10-13-17/h14-15,17H,2-13,16H2,1H3/b15-14+. The van der Waals surface area contributed by atoms with Gasteiger partial charge in [0.05, 0.1) is 6.61 Å². The molecule has 0 aromatic rings. The van der Waals surface area contributed by atoms with E-state index >= 15 is 0 Å². The number of esters is 2. The van der Waals surface area contributed by atoms with E-state index in [0.29, 0.717) is 6.61 Å². The van der Waals surface area contributed by atoms with Gasteiger partial charge in [-0.25, -0.2) is 9.59 Å². The van der Waals surface area contributed by atoms with Crippen molar-refractivity contribution in [2.24, 2.45) is 0 Å². The summed E-state index contributed by atoms with van der Waals surface area (Å²) in [5.41, 5.74) is 0. The lowest BCUT2D eigenvalue weighted by molar-refractivity contribution is -0.145. The fourth-order valence-corrected chi connectivity index (χ4v) is 2.80. The molecule has 0 spiro atoms. The second-order valence-corrected chi connectivity index (χ2v) is 6.32. The van der Waals surface area contributed by atoms with Crippen molar-refractivity contribution >= 4 is 11.9 Å². The molecule has 0 aromatic heterocycles. The Bertz CT molecular complexity index is 356. The second kappa shape index (κ2) is 13.1. The van der Waals surface area contributed by atoms with Crippen LogP contribution in [0.25, 0.3) is 0 Å². The topological polar surface area (TPSA) is 52.6 Å². The lowest BCUT2D eigenvalue weighted by Crippen LogP contribution is -2.19. The minimum absolute atomic E-state index is 0.0182. The number of carbonyl (C=O) groups is 2. The van der Waals surface area contributed by atoms with E-state index in [4.69, 9.17) is 9.47 Å². The molecule has 0 saturated heterocycles. The minimum atomic E-state index is -0.462. The average Bonchev–Trinajstić information content (AvgIpc) is 2.56. The van der Waals surface area contributed by atoms with E-state index < -0.39 is 11.9 Å². The van der Waals surface area contributed by atoms with Gasteiger partial charge in [0.1, 0.15) is 6.10 Å². The van der Waals surface area contributed by atoms with E-state index in [0.717, 1.165) is 38.5 Å². The second-order valence-electron chi connectivity index (χ2n) is 6.32. The molecule has 1 saturated carbocycles. The summed E-state index contributed by atoms with van der Waals surface area (Å²) in [5, 5.41) is 0. The molecule has 1 fully saturated rings. The quantitative estimate of drug-likeness (QED) is 0.314. The molecule has 0 radical (unpaired) electrons. The first-order valence-electron chi connectivity index (χ1n) is 9.28. The summed E-state index contributed by atoms with van der Waals surface area (Å²) in [4.78, 5) is 23.1. The predicted octanol–water partition coefficient (Wildman–Crippen LogP) is 4.71. The first-order valence-corrected chi connectivity index (χ1v) is 9.28. The maximum Gasteiger partial charge on any atom is 0.331 e. The number of hydrogen-bond donors (Lipinski definition) is 0. The lowest BCUT2D eigenvalue weighted by Gasteiger charge is -2.20. The van der Waals surface area contributed by atoms with E-state index in [2.05, 4.69) is 6.92 Å². The molecular weight excluding hydrogens is 292 g/mol. The summed E-state index contributed by atoms with van der Waals surface area (Å²) in [6.07, 6.45) is 16.0. The van der Waals surface area contributed by atoms with Gasteiger partial charge >= 0.3 is 11.9 Å². The molecule has 0 atom stereocenters. The van der Waals surface area contributed by atoms with Crippen LogP contribution in [-0.4, -0.2) is 24.6 Å². The van der Waals surface area contributed by atoms with Crippen LogP contribution in [0.2, 0.25) is 0 Å². The molecule has 132 valence electrons.